The Kier molecular flexibility index (Phi) is 1.79. The van der Waals surface area contributed by atoms with E-state index in [1.165, 1.54) is 31.9 Å². The fourth-order valence-corrected chi connectivity index (χ4v) is 2.68. The molecule has 1 aliphatic carbocycles. The van der Waals surface area contributed by atoms with E-state index in [2.05, 4.69) is 31.2 Å². The predicted octanol–water partition coefficient (Wildman–Crippen LogP) is 3.30. The lowest BCUT2D eigenvalue weighted by Gasteiger charge is -1.90. The molecule has 0 radical (unpaired) electrons. The molecule has 2 aliphatic rings. The molecule has 11 heavy (non-hydrogen) atoms. The van der Waals surface area contributed by atoms with E-state index in [1.54, 1.807) is 5.29 Å². The molecule has 0 saturated carbocycles. The zero-order valence-corrected chi connectivity index (χ0v) is 7.57. The van der Waals surface area contributed by atoms with Crippen LogP contribution in [0.5, 0.6) is 0 Å². The maximum atomic E-state index is 2.33. The average molecular weight is 162 g/mol. The summed E-state index contributed by atoms with van der Waals surface area (Å²) in [5.41, 5.74) is 1.44. The van der Waals surface area contributed by atoms with Crippen molar-refractivity contribution in [2.75, 3.05) is 0 Å². The molecular formula is C10H11P. The number of fused-ring (bicyclic) bond motifs is 1. The molecule has 0 unspecified atom stereocenters. The van der Waals surface area contributed by atoms with E-state index in [1.807, 2.05) is 0 Å². The predicted molar refractivity (Wildman–Crippen MR) is 52.1 cm³/mol. The van der Waals surface area contributed by atoms with E-state index in [9.17, 15) is 0 Å². The quantitative estimate of drug-likeness (QED) is 0.546. The van der Waals surface area contributed by atoms with Crippen LogP contribution in [0.1, 0.15) is 19.8 Å². The van der Waals surface area contributed by atoms with Crippen LogP contribution in [0.2, 0.25) is 0 Å². The first-order chi connectivity index (χ1) is 5.40. The molecule has 0 nitrogen and oxygen atoms in total. The van der Waals surface area contributed by atoms with Crippen molar-refractivity contribution in [2.45, 2.75) is 19.8 Å². The Labute approximate surface area is 69.1 Å². The monoisotopic (exact) mass is 162 g/mol. The second-order valence-electron chi connectivity index (χ2n) is 2.86. The molecule has 0 aromatic carbocycles. The van der Waals surface area contributed by atoms with Crippen LogP contribution < -0.4 is 0 Å². The molecule has 56 valence electrons. The Morgan fingerprint density at radius 2 is 2.36 bits per heavy atom. The number of hydrogen-bond acceptors (Lipinski definition) is 0. The minimum atomic E-state index is 1.26. The van der Waals surface area contributed by atoms with Gasteiger partial charge in [0, 0.05) is 5.31 Å². The second kappa shape index (κ2) is 2.79. The van der Waals surface area contributed by atoms with Gasteiger partial charge in [0.15, 0.2) is 0 Å². The van der Waals surface area contributed by atoms with Gasteiger partial charge in [-0.15, -0.1) is 0 Å². The molecule has 0 atom stereocenters. The van der Waals surface area contributed by atoms with Crippen LogP contribution in [-0.4, -0.2) is 5.29 Å². The summed E-state index contributed by atoms with van der Waals surface area (Å²) in [5.74, 6) is 0. The number of rotatable bonds is 2. The highest BCUT2D eigenvalue weighted by molar-refractivity contribution is 7.47. The third-order valence-corrected chi connectivity index (χ3v) is 3.21. The molecule has 1 aliphatic heterocycles. The first kappa shape index (κ1) is 7.06. The van der Waals surface area contributed by atoms with Crippen LogP contribution in [0.4, 0.5) is 0 Å². The Bertz CT molecular complexity index is 290. The zero-order chi connectivity index (χ0) is 7.68. The van der Waals surface area contributed by atoms with Crippen LogP contribution in [0.3, 0.4) is 0 Å². The standard InChI is InChI=1S/C10H11P/c1-2-4-9-7-8-5-3-6-10(8)11-9/h3,5-7H,2,4H2,1H3. The van der Waals surface area contributed by atoms with Crippen molar-refractivity contribution in [3.05, 3.63) is 35.2 Å². The van der Waals surface area contributed by atoms with E-state index in [0.29, 0.717) is 0 Å². The Morgan fingerprint density at radius 3 is 3.09 bits per heavy atom. The summed E-state index contributed by atoms with van der Waals surface area (Å²) in [4.78, 5) is 0. The van der Waals surface area contributed by atoms with Gasteiger partial charge >= 0.3 is 0 Å². The van der Waals surface area contributed by atoms with Crippen molar-refractivity contribution < 1.29 is 0 Å². The van der Waals surface area contributed by atoms with Gasteiger partial charge in [0.05, 0.1) is 0 Å². The lowest BCUT2D eigenvalue weighted by atomic mass is 10.2. The molecule has 0 spiro atoms. The fraction of sp³-hybridized carbons (Fsp3) is 0.300. The van der Waals surface area contributed by atoms with E-state index in [0.717, 1.165) is 0 Å². The van der Waals surface area contributed by atoms with Gasteiger partial charge in [-0.05, 0) is 29.4 Å². The molecule has 0 aromatic rings. The smallest absolute Gasteiger partial charge is 0.00930 e. The zero-order valence-electron chi connectivity index (χ0n) is 6.67. The highest BCUT2D eigenvalue weighted by Gasteiger charge is 2.11. The molecule has 0 aromatic heterocycles. The summed E-state index contributed by atoms with van der Waals surface area (Å²) in [7, 11) is 1.45. The van der Waals surface area contributed by atoms with Gasteiger partial charge in [0.25, 0.3) is 0 Å². The van der Waals surface area contributed by atoms with E-state index < -0.39 is 0 Å². The molecule has 1 heteroatoms. The SMILES string of the molecule is CCCC1=PC2=CC=CC2=C1. The molecule has 0 N–H and O–H groups in total. The highest BCUT2D eigenvalue weighted by atomic mass is 31.1. The van der Waals surface area contributed by atoms with Gasteiger partial charge in [-0.1, -0.05) is 33.7 Å². The van der Waals surface area contributed by atoms with E-state index in [4.69, 9.17) is 0 Å². The lowest BCUT2D eigenvalue weighted by molar-refractivity contribution is 1.01. The molecule has 1 heterocycles. The average Bonchev–Trinajstić information content (AvgIpc) is 2.46. The van der Waals surface area contributed by atoms with Crippen molar-refractivity contribution in [2.24, 2.45) is 0 Å². The molecule has 0 bridgehead atoms. The molecule has 0 amide bonds. The van der Waals surface area contributed by atoms with Gasteiger partial charge in [-0.25, -0.2) is 0 Å². The van der Waals surface area contributed by atoms with Gasteiger partial charge in [0.2, 0.25) is 0 Å². The van der Waals surface area contributed by atoms with Crippen molar-refractivity contribution in [1.29, 1.82) is 0 Å². The highest BCUT2D eigenvalue weighted by Crippen LogP contribution is 2.36. The Hall–Kier alpha value is -0.610. The van der Waals surface area contributed by atoms with Crippen molar-refractivity contribution in [3.8, 4) is 0 Å². The molecule has 0 fully saturated rings. The minimum Gasteiger partial charge on any atom is -0.0651 e. The number of hydrogen-bond donors (Lipinski definition) is 0. The van der Waals surface area contributed by atoms with Gasteiger partial charge in [-0.2, -0.15) is 0 Å². The third kappa shape index (κ3) is 1.23. The summed E-state index contributed by atoms with van der Waals surface area (Å²) >= 11 is 0. The maximum Gasteiger partial charge on any atom is 0.00930 e. The Balaban J connectivity index is 2.20. The van der Waals surface area contributed by atoms with E-state index >= 15 is 0 Å². The van der Waals surface area contributed by atoms with Crippen LogP contribution in [0.25, 0.3) is 0 Å². The van der Waals surface area contributed by atoms with Gasteiger partial charge < -0.3 is 0 Å². The largest absolute Gasteiger partial charge is 0.0651 e. The second-order valence-corrected chi connectivity index (χ2v) is 4.14. The van der Waals surface area contributed by atoms with Crippen molar-refractivity contribution in [3.63, 3.8) is 0 Å². The molecule has 0 saturated heterocycles. The number of allylic oxidation sites excluding steroid dienone is 6. The molecule has 2 rings (SSSR count). The maximum absolute atomic E-state index is 2.33. The van der Waals surface area contributed by atoms with Gasteiger partial charge in [0.1, 0.15) is 0 Å². The van der Waals surface area contributed by atoms with Crippen LogP contribution in [0.15, 0.2) is 35.2 Å². The van der Waals surface area contributed by atoms with Crippen LogP contribution in [0, 0.1) is 0 Å². The first-order valence-electron chi connectivity index (χ1n) is 4.08. The minimum absolute atomic E-state index is 1.26. The molecular weight excluding hydrogens is 151 g/mol. The van der Waals surface area contributed by atoms with Crippen LogP contribution >= 0.6 is 8.20 Å². The summed E-state index contributed by atoms with van der Waals surface area (Å²) < 4.78 is 0. The summed E-state index contributed by atoms with van der Waals surface area (Å²) in [6, 6.07) is 0. The lowest BCUT2D eigenvalue weighted by Crippen LogP contribution is -1.84. The van der Waals surface area contributed by atoms with Gasteiger partial charge in [-0.3, -0.25) is 0 Å². The Morgan fingerprint density at radius 1 is 1.45 bits per heavy atom. The fourth-order valence-electron chi connectivity index (χ4n) is 1.40. The normalized spacial score (nSPS) is 21.0. The summed E-state index contributed by atoms with van der Waals surface area (Å²) in [6.45, 7) is 2.24. The summed E-state index contributed by atoms with van der Waals surface area (Å²) in [6.07, 6.45) is 11.4. The van der Waals surface area contributed by atoms with Crippen molar-refractivity contribution >= 4 is 13.5 Å². The topological polar surface area (TPSA) is 0 Å². The van der Waals surface area contributed by atoms with E-state index in [-0.39, 0.29) is 0 Å². The van der Waals surface area contributed by atoms with Crippen molar-refractivity contribution in [1.82, 2.24) is 0 Å². The van der Waals surface area contributed by atoms with Crippen LogP contribution in [-0.2, 0) is 0 Å². The first-order valence-corrected chi connectivity index (χ1v) is 4.97. The third-order valence-electron chi connectivity index (χ3n) is 1.92. The summed E-state index contributed by atoms with van der Waals surface area (Å²) in [5, 5.41) is 3.08.